The topological polar surface area (TPSA) is 89.6 Å². The summed E-state index contributed by atoms with van der Waals surface area (Å²) in [6.45, 7) is -0.243. The summed E-state index contributed by atoms with van der Waals surface area (Å²) in [7, 11) is 0. The Morgan fingerprint density at radius 1 is 1.39 bits per heavy atom. The molecule has 1 amide bonds. The number of benzene rings is 1. The maximum Gasteiger partial charge on any atom is 0.328 e. The lowest BCUT2D eigenvalue weighted by Crippen LogP contribution is -2.16. The number of carboxylic acids is 1. The average molecular weight is 257 g/mol. The van der Waals surface area contributed by atoms with Gasteiger partial charge in [0.15, 0.2) is 11.6 Å². The number of hydrogen-bond donors (Lipinski definition) is 2. The molecule has 0 spiro atoms. The lowest BCUT2D eigenvalue weighted by molar-refractivity contribution is -0.131. The first-order chi connectivity index (χ1) is 8.43. The molecule has 0 saturated heterocycles. The number of hydrogen-bond acceptors (Lipinski definition) is 3. The number of halogens is 2. The molecule has 0 atom stereocenters. The van der Waals surface area contributed by atoms with Crippen LogP contribution in [0.15, 0.2) is 24.3 Å². The minimum absolute atomic E-state index is 0.243. The average Bonchev–Trinajstić information content (AvgIpc) is 2.26. The van der Waals surface area contributed by atoms with Crippen LogP contribution in [0.1, 0.15) is 10.4 Å². The van der Waals surface area contributed by atoms with Gasteiger partial charge in [-0.05, 0) is 18.2 Å². The molecule has 0 fully saturated rings. The highest BCUT2D eigenvalue weighted by Gasteiger charge is 2.18. The van der Waals surface area contributed by atoms with Gasteiger partial charge in [0.1, 0.15) is 18.0 Å². The predicted octanol–water partition coefficient (Wildman–Crippen LogP) is 1.08. The van der Waals surface area contributed by atoms with E-state index in [4.69, 9.17) is 15.6 Å². The number of ether oxygens (including phenoxy) is 1. The normalized spacial score (nSPS) is 10.6. The fraction of sp³-hybridized carbons (Fsp3) is 0.0909. The highest BCUT2D eigenvalue weighted by atomic mass is 19.1. The Hall–Kier alpha value is -2.44. The van der Waals surface area contributed by atoms with Crippen molar-refractivity contribution >= 4 is 11.9 Å². The summed E-state index contributed by atoms with van der Waals surface area (Å²) in [6, 6.07) is 1.81. The largest absolute Gasteiger partial charge is 0.486 e. The molecule has 0 aliphatic carbocycles. The first-order valence-corrected chi connectivity index (χ1v) is 4.73. The van der Waals surface area contributed by atoms with Crippen molar-refractivity contribution in [2.75, 3.05) is 6.61 Å². The number of rotatable bonds is 5. The summed E-state index contributed by atoms with van der Waals surface area (Å²) in [4.78, 5) is 20.9. The second-order valence-corrected chi connectivity index (χ2v) is 3.15. The molecular weight excluding hydrogens is 248 g/mol. The van der Waals surface area contributed by atoms with Gasteiger partial charge in [-0.25, -0.2) is 13.6 Å². The summed E-state index contributed by atoms with van der Waals surface area (Å²) in [5.74, 6) is -5.13. The smallest absolute Gasteiger partial charge is 0.328 e. The zero-order valence-corrected chi connectivity index (χ0v) is 9.02. The second kappa shape index (κ2) is 5.76. The van der Waals surface area contributed by atoms with Crippen LogP contribution in [0.2, 0.25) is 0 Å². The van der Waals surface area contributed by atoms with Gasteiger partial charge in [-0.1, -0.05) is 0 Å². The number of nitrogens with two attached hydrogens (primary N) is 1. The number of amides is 1. The van der Waals surface area contributed by atoms with Crippen LogP contribution in [-0.2, 0) is 4.79 Å². The number of primary amides is 1. The molecule has 1 rings (SSSR count). The molecule has 0 aliphatic heterocycles. The molecule has 18 heavy (non-hydrogen) atoms. The third kappa shape index (κ3) is 3.27. The van der Waals surface area contributed by atoms with Gasteiger partial charge in [-0.3, -0.25) is 4.79 Å². The molecule has 0 unspecified atom stereocenters. The minimum atomic E-state index is -1.25. The van der Waals surface area contributed by atoms with Crippen molar-refractivity contribution in [2.24, 2.45) is 5.73 Å². The van der Waals surface area contributed by atoms with E-state index in [-0.39, 0.29) is 12.4 Å². The number of carbonyl (C=O) groups excluding carboxylic acids is 1. The van der Waals surface area contributed by atoms with Crippen LogP contribution in [-0.4, -0.2) is 23.6 Å². The highest BCUT2D eigenvalue weighted by Crippen LogP contribution is 2.22. The summed E-state index contributed by atoms with van der Waals surface area (Å²) in [5, 5.41) is 8.29. The monoisotopic (exact) mass is 257 g/mol. The van der Waals surface area contributed by atoms with Crippen LogP contribution >= 0.6 is 0 Å². The van der Waals surface area contributed by atoms with Crippen molar-refractivity contribution in [3.8, 4) is 5.75 Å². The SMILES string of the molecule is NC(=O)c1c(F)ccc(OC/C=C/C(=O)O)c1F. The van der Waals surface area contributed by atoms with Gasteiger partial charge >= 0.3 is 5.97 Å². The van der Waals surface area contributed by atoms with E-state index in [1.165, 1.54) is 0 Å². The number of aliphatic carboxylic acids is 1. The molecule has 1 aromatic rings. The molecule has 96 valence electrons. The van der Waals surface area contributed by atoms with Crippen molar-refractivity contribution in [3.05, 3.63) is 41.5 Å². The maximum atomic E-state index is 13.6. The third-order valence-electron chi connectivity index (χ3n) is 1.90. The van der Waals surface area contributed by atoms with Crippen LogP contribution < -0.4 is 10.5 Å². The van der Waals surface area contributed by atoms with Crippen LogP contribution in [0.5, 0.6) is 5.75 Å². The number of carbonyl (C=O) groups is 2. The van der Waals surface area contributed by atoms with Gasteiger partial charge in [0.05, 0.1) is 0 Å². The van der Waals surface area contributed by atoms with E-state index in [1.807, 2.05) is 0 Å². The zero-order valence-electron chi connectivity index (χ0n) is 9.02. The fourth-order valence-electron chi connectivity index (χ4n) is 1.16. The summed E-state index contributed by atoms with van der Waals surface area (Å²) in [5.41, 5.74) is 3.92. The van der Waals surface area contributed by atoms with Gasteiger partial charge < -0.3 is 15.6 Å². The molecule has 0 heterocycles. The fourth-order valence-corrected chi connectivity index (χ4v) is 1.16. The molecule has 1 aromatic carbocycles. The molecule has 0 aromatic heterocycles. The quantitative estimate of drug-likeness (QED) is 0.772. The van der Waals surface area contributed by atoms with E-state index < -0.39 is 29.1 Å². The molecule has 0 saturated carbocycles. The van der Waals surface area contributed by atoms with E-state index in [9.17, 15) is 18.4 Å². The standard InChI is InChI=1S/C11H9F2NO4/c12-6-3-4-7(10(13)9(6)11(14)17)18-5-1-2-8(15)16/h1-4H,5H2,(H2,14,17)(H,15,16)/b2-1+. The van der Waals surface area contributed by atoms with Crippen LogP contribution in [0, 0.1) is 11.6 Å². The number of carboxylic acid groups (broad SMARTS) is 1. The van der Waals surface area contributed by atoms with E-state index in [0.29, 0.717) is 0 Å². The lowest BCUT2D eigenvalue weighted by Gasteiger charge is -2.07. The van der Waals surface area contributed by atoms with E-state index in [1.54, 1.807) is 0 Å². The lowest BCUT2D eigenvalue weighted by atomic mass is 10.1. The van der Waals surface area contributed by atoms with Crippen LogP contribution in [0.25, 0.3) is 0 Å². The molecule has 3 N–H and O–H groups in total. The first-order valence-electron chi connectivity index (χ1n) is 4.73. The molecular formula is C11H9F2NO4. The molecule has 5 nitrogen and oxygen atoms in total. The zero-order chi connectivity index (χ0) is 13.7. The van der Waals surface area contributed by atoms with Gasteiger partial charge in [-0.15, -0.1) is 0 Å². The van der Waals surface area contributed by atoms with Gasteiger partial charge in [0.2, 0.25) is 0 Å². The van der Waals surface area contributed by atoms with E-state index in [2.05, 4.69) is 0 Å². The second-order valence-electron chi connectivity index (χ2n) is 3.15. The molecule has 0 bridgehead atoms. The van der Waals surface area contributed by atoms with Crippen LogP contribution in [0.4, 0.5) is 8.78 Å². The van der Waals surface area contributed by atoms with Crippen molar-refractivity contribution < 1.29 is 28.2 Å². The van der Waals surface area contributed by atoms with Gasteiger partial charge in [0.25, 0.3) is 5.91 Å². The highest BCUT2D eigenvalue weighted by molar-refractivity contribution is 5.93. The van der Waals surface area contributed by atoms with Crippen molar-refractivity contribution in [1.29, 1.82) is 0 Å². The van der Waals surface area contributed by atoms with Crippen LogP contribution in [0.3, 0.4) is 0 Å². The summed E-state index contributed by atoms with van der Waals surface area (Å²) < 4.78 is 31.5. The molecule has 0 radical (unpaired) electrons. The summed E-state index contributed by atoms with van der Waals surface area (Å²) >= 11 is 0. The minimum Gasteiger partial charge on any atom is -0.486 e. The first kappa shape index (κ1) is 13.6. The predicted molar refractivity (Wildman–Crippen MR) is 57.1 cm³/mol. The van der Waals surface area contributed by atoms with E-state index >= 15 is 0 Å². The molecule has 0 aliphatic rings. The third-order valence-corrected chi connectivity index (χ3v) is 1.90. The van der Waals surface area contributed by atoms with Crippen molar-refractivity contribution in [1.82, 2.24) is 0 Å². The van der Waals surface area contributed by atoms with Crippen molar-refractivity contribution in [3.63, 3.8) is 0 Å². The molecule has 7 heteroatoms. The Morgan fingerprint density at radius 2 is 2.06 bits per heavy atom. The Labute approximate surface area is 100 Å². The van der Waals surface area contributed by atoms with Crippen molar-refractivity contribution in [2.45, 2.75) is 0 Å². The van der Waals surface area contributed by atoms with Gasteiger partial charge in [0, 0.05) is 6.08 Å². The van der Waals surface area contributed by atoms with E-state index in [0.717, 1.165) is 24.3 Å². The Kier molecular flexibility index (Phi) is 4.36. The maximum absolute atomic E-state index is 13.6. The Bertz CT molecular complexity index is 514. The Balaban J connectivity index is 2.88. The summed E-state index contributed by atoms with van der Waals surface area (Å²) in [6.07, 6.45) is 1.92. The Morgan fingerprint density at radius 3 is 2.61 bits per heavy atom. The van der Waals surface area contributed by atoms with Gasteiger partial charge in [-0.2, -0.15) is 0 Å².